The van der Waals surface area contributed by atoms with Gasteiger partial charge in [-0.3, -0.25) is 4.79 Å². The van der Waals surface area contributed by atoms with Gasteiger partial charge in [-0.2, -0.15) is 0 Å². The topological polar surface area (TPSA) is 32.3 Å². The van der Waals surface area contributed by atoms with Crippen LogP contribution in [-0.4, -0.2) is 18.1 Å². The number of amides is 1. The fourth-order valence-corrected chi connectivity index (χ4v) is 4.38. The number of nitrogens with zero attached hydrogens (tertiary/aromatic N) is 1. The molecule has 2 aromatic rings. The minimum atomic E-state index is -0.539. The summed E-state index contributed by atoms with van der Waals surface area (Å²) >= 11 is 3.59. The monoisotopic (exact) mass is 382 g/mol. The van der Waals surface area contributed by atoms with Crippen molar-refractivity contribution in [3.8, 4) is 0 Å². The lowest BCUT2D eigenvalue weighted by Gasteiger charge is -2.40. The molecule has 2 aliphatic rings. The standard InChI is InChI=1S/C20H19BrN2O/c1-19(2)15-8-4-6-10-17(15)23-13-18(24)22-20(19,23)12-11-14-7-3-5-9-16(14)21/h3-12H,13H2,1-2H3,(H,22,24)/t20-/m0/s1. The molecule has 1 atom stereocenters. The molecular weight excluding hydrogens is 364 g/mol. The smallest absolute Gasteiger partial charge is 0.241 e. The highest BCUT2D eigenvalue weighted by Crippen LogP contribution is 2.52. The normalized spacial score (nSPS) is 24.1. The Morgan fingerprint density at radius 1 is 1.12 bits per heavy atom. The van der Waals surface area contributed by atoms with E-state index in [0.717, 1.165) is 15.7 Å². The summed E-state index contributed by atoms with van der Waals surface area (Å²) < 4.78 is 1.04. The molecule has 0 spiro atoms. The number of fused-ring (bicyclic) bond motifs is 3. The second-order valence-corrected chi connectivity index (χ2v) is 7.75. The van der Waals surface area contributed by atoms with Crippen molar-refractivity contribution in [2.75, 3.05) is 11.4 Å². The van der Waals surface area contributed by atoms with Crippen molar-refractivity contribution < 1.29 is 4.79 Å². The summed E-state index contributed by atoms with van der Waals surface area (Å²) in [6.45, 7) is 4.78. The van der Waals surface area contributed by atoms with E-state index in [-0.39, 0.29) is 11.3 Å². The fourth-order valence-electron chi connectivity index (χ4n) is 3.96. The summed E-state index contributed by atoms with van der Waals surface area (Å²) in [5.74, 6) is 0.0642. The number of nitrogens with one attached hydrogen (secondary N) is 1. The van der Waals surface area contributed by atoms with Crippen LogP contribution in [0.5, 0.6) is 0 Å². The first kappa shape index (κ1) is 15.5. The lowest BCUT2D eigenvalue weighted by Crippen LogP contribution is -2.58. The van der Waals surface area contributed by atoms with Gasteiger partial charge >= 0.3 is 0 Å². The zero-order valence-electron chi connectivity index (χ0n) is 13.7. The van der Waals surface area contributed by atoms with Crippen molar-refractivity contribution in [2.24, 2.45) is 0 Å². The Kier molecular flexibility index (Phi) is 3.36. The van der Waals surface area contributed by atoms with Crippen LogP contribution in [0.3, 0.4) is 0 Å². The molecular formula is C20H19BrN2O. The molecule has 0 radical (unpaired) electrons. The van der Waals surface area contributed by atoms with Crippen LogP contribution in [0, 0.1) is 0 Å². The van der Waals surface area contributed by atoms with Gasteiger partial charge in [-0.15, -0.1) is 0 Å². The Balaban J connectivity index is 1.86. The van der Waals surface area contributed by atoms with Crippen molar-refractivity contribution in [3.63, 3.8) is 0 Å². The minimum Gasteiger partial charge on any atom is -0.335 e. The van der Waals surface area contributed by atoms with Crippen LogP contribution in [0.25, 0.3) is 6.08 Å². The Bertz CT molecular complexity index is 858. The maximum Gasteiger partial charge on any atom is 0.241 e. The van der Waals surface area contributed by atoms with Crippen molar-refractivity contribution >= 4 is 33.6 Å². The largest absolute Gasteiger partial charge is 0.335 e. The van der Waals surface area contributed by atoms with Crippen molar-refractivity contribution in [1.29, 1.82) is 0 Å². The Morgan fingerprint density at radius 3 is 2.62 bits per heavy atom. The number of halogens is 1. The van der Waals surface area contributed by atoms with Gasteiger partial charge in [-0.1, -0.05) is 72.3 Å². The molecule has 1 amide bonds. The molecule has 3 nitrogen and oxygen atoms in total. The second kappa shape index (κ2) is 5.21. The van der Waals surface area contributed by atoms with Gasteiger partial charge in [-0.25, -0.2) is 0 Å². The molecule has 2 heterocycles. The van der Waals surface area contributed by atoms with E-state index in [9.17, 15) is 4.79 Å². The summed E-state index contributed by atoms with van der Waals surface area (Å²) in [5.41, 5.74) is 2.73. The third kappa shape index (κ3) is 1.99. The number of hydrogen-bond donors (Lipinski definition) is 1. The summed E-state index contributed by atoms with van der Waals surface area (Å²) in [4.78, 5) is 14.4. The lowest BCUT2D eigenvalue weighted by atomic mass is 9.75. The highest BCUT2D eigenvalue weighted by atomic mass is 79.9. The van der Waals surface area contributed by atoms with Crippen molar-refractivity contribution in [3.05, 3.63) is 70.2 Å². The first-order valence-electron chi connectivity index (χ1n) is 8.08. The maximum absolute atomic E-state index is 12.2. The van der Waals surface area contributed by atoms with Crippen LogP contribution < -0.4 is 10.2 Å². The first-order chi connectivity index (χ1) is 11.5. The Hall–Kier alpha value is -2.07. The zero-order chi connectivity index (χ0) is 16.9. The zero-order valence-corrected chi connectivity index (χ0v) is 15.3. The number of carbonyl (C=O) groups excluding carboxylic acids is 1. The quantitative estimate of drug-likeness (QED) is 0.848. The van der Waals surface area contributed by atoms with E-state index in [1.54, 1.807) is 0 Å². The fraction of sp³-hybridized carbons (Fsp3) is 0.250. The third-order valence-corrected chi connectivity index (χ3v) is 6.01. The average molecular weight is 383 g/mol. The van der Waals surface area contributed by atoms with E-state index in [1.807, 2.05) is 24.3 Å². The molecule has 24 heavy (non-hydrogen) atoms. The molecule has 1 fully saturated rings. The molecule has 4 heteroatoms. The van der Waals surface area contributed by atoms with Crippen molar-refractivity contribution in [1.82, 2.24) is 5.32 Å². The molecule has 0 saturated carbocycles. The maximum atomic E-state index is 12.2. The molecule has 0 aromatic heterocycles. The number of rotatable bonds is 2. The van der Waals surface area contributed by atoms with Crippen LogP contribution in [-0.2, 0) is 10.2 Å². The molecule has 0 aliphatic carbocycles. The molecule has 4 rings (SSSR count). The van der Waals surface area contributed by atoms with Gasteiger partial charge in [-0.05, 0) is 29.3 Å². The van der Waals surface area contributed by atoms with E-state index in [1.165, 1.54) is 5.56 Å². The van der Waals surface area contributed by atoms with Crippen LogP contribution in [0.1, 0.15) is 25.0 Å². The third-order valence-electron chi connectivity index (χ3n) is 5.29. The number of anilines is 1. The van der Waals surface area contributed by atoms with E-state index < -0.39 is 5.66 Å². The average Bonchev–Trinajstić information content (AvgIpc) is 2.99. The second-order valence-electron chi connectivity index (χ2n) is 6.90. The summed E-state index contributed by atoms with van der Waals surface area (Å²) in [6.07, 6.45) is 4.23. The van der Waals surface area contributed by atoms with Crippen LogP contribution in [0.2, 0.25) is 0 Å². The molecule has 2 aromatic carbocycles. The van der Waals surface area contributed by atoms with Gasteiger partial charge in [0.2, 0.25) is 5.91 Å². The van der Waals surface area contributed by atoms with Gasteiger partial charge in [0.25, 0.3) is 0 Å². The minimum absolute atomic E-state index is 0.0642. The van der Waals surface area contributed by atoms with E-state index in [4.69, 9.17) is 0 Å². The Labute approximate surface area is 150 Å². The van der Waals surface area contributed by atoms with Crippen LogP contribution in [0.4, 0.5) is 5.69 Å². The van der Waals surface area contributed by atoms with Crippen molar-refractivity contribution in [2.45, 2.75) is 24.9 Å². The SMILES string of the molecule is CC1(C)c2ccccc2N2CC(=O)N[C@@]21C=Cc1ccccc1Br. The number of benzene rings is 2. The predicted molar refractivity (Wildman–Crippen MR) is 101 cm³/mol. The van der Waals surface area contributed by atoms with E-state index in [0.29, 0.717) is 6.54 Å². The molecule has 0 bridgehead atoms. The van der Waals surface area contributed by atoms with Gasteiger partial charge < -0.3 is 10.2 Å². The molecule has 1 saturated heterocycles. The number of para-hydroxylation sites is 1. The summed E-state index contributed by atoms with van der Waals surface area (Å²) in [6, 6.07) is 16.5. The van der Waals surface area contributed by atoms with Gasteiger partial charge in [0.05, 0.1) is 6.54 Å². The number of hydrogen-bond acceptors (Lipinski definition) is 2. The highest BCUT2D eigenvalue weighted by Gasteiger charge is 2.59. The van der Waals surface area contributed by atoms with E-state index in [2.05, 4.69) is 76.4 Å². The molecule has 0 unspecified atom stereocenters. The van der Waals surface area contributed by atoms with Crippen LogP contribution in [0.15, 0.2) is 59.1 Å². The Morgan fingerprint density at radius 2 is 1.83 bits per heavy atom. The van der Waals surface area contributed by atoms with Gasteiger partial charge in [0.1, 0.15) is 5.66 Å². The molecule has 1 N–H and O–H groups in total. The van der Waals surface area contributed by atoms with Crippen LogP contribution >= 0.6 is 15.9 Å². The highest BCUT2D eigenvalue weighted by molar-refractivity contribution is 9.10. The lowest BCUT2D eigenvalue weighted by molar-refractivity contribution is -0.118. The van der Waals surface area contributed by atoms with Gasteiger partial charge in [0, 0.05) is 15.6 Å². The predicted octanol–water partition coefficient (Wildman–Crippen LogP) is 4.09. The molecule has 2 aliphatic heterocycles. The first-order valence-corrected chi connectivity index (χ1v) is 8.87. The molecule has 122 valence electrons. The van der Waals surface area contributed by atoms with E-state index >= 15 is 0 Å². The number of carbonyl (C=O) groups is 1. The summed E-state index contributed by atoms with van der Waals surface area (Å²) in [5, 5.41) is 3.24. The summed E-state index contributed by atoms with van der Waals surface area (Å²) in [7, 11) is 0. The van der Waals surface area contributed by atoms with Gasteiger partial charge in [0.15, 0.2) is 0 Å².